The van der Waals surface area contributed by atoms with Gasteiger partial charge in [-0.15, -0.1) is 11.8 Å². The van der Waals surface area contributed by atoms with Crippen LogP contribution in [0.25, 0.3) is 5.65 Å². The molecule has 7 nitrogen and oxygen atoms in total. The molecule has 0 atom stereocenters. The van der Waals surface area contributed by atoms with Crippen LogP contribution >= 0.6 is 11.8 Å². The van der Waals surface area contributed by atoms with Crippen LogP contribution in [0.4, 0.5) is 5.69 Å². The van der Waals surface area contributed by atoms with E-state index in [1.54, 1.807) is 30.5 Å². The Kier molecular flexibility index (Phi) is 6.71. The van der Waals surface area contributed by atoms with Gasteiger partial charge in [-0.1, -0.05) is 12.1 Å². The van der Waals surface area contributed by atoms with Crippen LogP contribution in [-0.4, -0.2) is 24.4 Å². The van der Waals surface area contributed by atoms with E-state index in [1.807, 2.05) is 38.1 Å². The molecule has 0 fully saturated rings. The van der Waals surface area contributed by atoms with Gasteiger partial charge in [0.25, 0.3) is 15.6 Å². The normalized spacial score (nSPS) is 11.5. The van der Waals surface area contributed by atoms with Crippen molar-refractivity contribution < 1.29 is 13.2 Å². The molecular formula is C24H23N3O4S2. The Morgan fingerprint density at radius 3 is 2.58 bits per heavy atom. The number of pyridine rings is 1. The van der Waals surface area contributed by atoms with Crippen molar-refractivity contribution in [3.63, 3.8) is 0 Å². The third-order valence-corrected chi connectivity index (χ3v) is 7.32. The Labute approximate surface area is 196 Å². The summed E-state index contributed by atoms with van der Waals surface area (Å²) in [6.45, 7) is 4.32. The molecule has 4 aromatic rings. The van der Waals surface area contributed by atoms with Crippen LogP contribution in [-0.2, 0) is 15.8 Å². The summed E-state index contributed by atoms with van der Waals surface area (Å²) >= 11 is 1.41. The molecule has 0 amide bonds. The number of anilines is 1. The number of hydrogen-bond acceptors (Lipinski definition) is 6. The number of aromatic nitrogens is 2. The fourth-order valence-electron chi connectivity index (χ4n) is 3.24. The first-order valence-electron chi connectivity index (χ1n) is 10.3. The van der Waals surface area contributed by atoms with Crippen LogP contribution in [0.1, 0.15) is 18.2 Å². The zero-order valence-electron chi connectivity index (χ0n) is 18.2. The average molecular weight is 482 g/mol. The molecule has 2 aromatic carbocycles. The number of ether oxygens (including phenoxy) is 1. The molecule has 4 rings (SSSR count). The smallest absolute Gasteiger partial charge is 0.261 e. The molecule has 0 aliphatic rings. The first-order chi connectivity index (χ1) is 15.9. The second kappa shape index (κ2) is 9.68. The Morgan fingerprint density at radius 1 is 1.06 bits per heavy atom. The maximum absolute atomic E-state index is 12.9. The fraction of sp³-hybridized carbons (Fsp3) is 0.167. The number of fused-ring (bicyclic) bond motifs is 1. The van der Waals surface area contributed by atoms with Crippen LogP contribution in [0.5, 0.6) is 5.75 Å². The molecule has 170 valence electrons. The highest BCUT2D eigenvalue weighted by Crippen LogP contribution is 2.31. The third-order valence-electron chi connectivity index (χ3n) is 4.83. The number of nitrogens with one attached hydrogen (secondary N) is 1. The van der Waals surface area contributed by atoms with Crippen LogP contribution in [0, 0.1) is 6.92 Å². The minimum atomic E-state index is -3.78. The summed E-state index contributed by atoms with van der Waals surface area (Å²) in [7, 11) is -3.78. The summed E-state index contributed by atoms with van der Waals surface area (Å²) < 4.78 is 35.3. The van der Waals surface area contributed by atoms with E-state index >= 15 is 0 Å². The minimum Gasteiger partial charge on any atom is -0.494 e. The van der Waals surface area contributed by atoms with Crippen molar-refractivity contribution in [2.75, 3.05) is 11.3 Å². The molecule has 0 spiro atoms. The predicted molar refractivity (Wildman–Crippen MR) is 131 cm³/mol. The van der Waals surface area contributed by atoms with Crippen LogP contribution in [0.15, 0.2) is 87.5 Å². The molecule has 2 aromatic heterocycles. The second-order valence-corrected chi connectivity index (χ2v) is 10.0. The molecule has 33 heavy (non-hydrogen) atoms. The van der Waals surface area contributed by atoms with Gasteiger partial charge in [-0.25, -0.2) is 13.4 Å². The Hall–Kier alpha value is -3.30. The highest BCUT2D eigenvalue weighted by Gasteiger charge is 2.16. The number of aryl methyl sites for hydroxylation is 1. The zero-order chi connectivity index (χ0) is 23.4. The topological polar surface area (TPSA) is 89.8 Å². The highest BCUT2D eigenvalue weighted by molar-refractivity contribution is 7.98. The predicted octanol–water partition coefficient (Wildman–Crippen LogP) is 4.49. The molecule has 0 saturated carbocycles. The molecule has 1 N–H and O–H groups in total. The van der Waals surface area contributed by atoms with Crippen molar-refractivity contribution in [2.45, 2.75) is 29.4 Å². The highest BCUT2D eigenvalue weighted by atomic mass is 32.2. The van der Waals surface area contributed by atoms with Crippen molar-refractivity contribution in [1.82, 2.24) is 9.38 Å². The second-order valence-electron chi connectivity index (χ2n) is 7.31. The van der Waals surface area contributed by atoms with Gasteiger partial charge in [0.1, 0.15) is 11.4 Å². The minimum absolute atomic E-state index is 0.144. The van der Waals surface area contributed by atoms with Gasteiger partial charge in [-0.05, 0) is 67.9 Å². The molecule has 0 bridgehead atoms. The SMILES string of the molecule is CCOc1ccc(S(=O)(=O)Nc2ccccc2SCc2cc(=O)n3ccc(C)cc3n2)cc1. The van der Waals surface area contributed by atoms with Gasteiger partial charge in [0.2, 0.25) is 0 Å². The summed E-state index contributed by atoms with van der Waals surface area (Å²) in [6, 6.07) is 18.6. The zero-order valence-corrected chi connectivity index (χ0v) is 19.8. The Morgan fingerprint density at radius 2 is 1.82 bits per heavy atom. The van der Waals surface area contributed by atoms with Crippen molar-refractivity contribution in [1.29, 1.82) is 0 Å². The largest absolute Gasteiger partial charge is 0.494 e. The van der Waals surface area contributed by atoms with Gasteiger partial charge in [-0.2, -0.15) is 0 Å². The molecular weight excluding hydrogens is 458 g/mol. The van der Waals surface area contributed by atoms with E-state index in [-0.39, 0.29) is 10.5 Å². The molecule has 0 aliphatic carbocycles. The van der Waals surface area contributed by atoms with Crippen LogP contribution in [0.2, 0.25) is 0 Å². The molecule has 9 heteroatoms. The van der Waals surface area contributed by atoms with Crippen molar-refractivity contribution in [3.05, 3.63) is 94.5 Å². The van der Waals surface area contributed by atoms with E-state index < -0.39 is 10.0 Å². The third kappa shape index (κ3) is 5.37. The summed E-state index contributed by atoms with van der Waals surface area (Å²) in [5, 5.41) is 0. The lowest BCUT2D eigenvalue weighted by Crippen LogP contribution is -2.15. The van der Waals surface area contributed by atoms with E-state index in [1.165, 1.54) is 34.4 Å². The summed E-state index contributed by atoms with van der Waals surface area (Å²) in [6.07, 6.45) is 1.71. The number of nitrogens with zero attached hydrogens (tertiary/aromatic N) is 2. The van der Waals surface area contributed by atoms with Gasteiger partial charge in [0.05, 0.1) is 22.9 Å². The van der Waals surface area contributed by atoms with Gasteiger partial charge >= 0.3 is 0 Å². The van der Waals surface area contributed by atoms with Gasteiger partial charge in [0, 0.05) is 22.9 Å². The molecule has 0 radical (unpaired) electrons. The molecule has 0 saturated heterocycles. The molecule has 2 heterocycles. The van der Waals surface area contributed by atoms with E-state index in [4.69, 9.17) is 4.74 Å². The first-order valence-corrected chi connectivity index (χ1v) is 12.8. The number of sulfonamides is 1. The van der Waals surface area contributed by atoms with Crippen molar-refractivity contribution in [2.24, 2.45) is 0 Å². The van der Waals surface area contributed by atoms with Crippen LogP contribution in [0.3, 0.4) is 0 Å². The van der Waals surface area contributed by atoms with E-state index in [0.717, 1.165) is 10.5 Å². The fourth-order valence-corrected chi connectivity index (χ4v) is 5.29. The monoisotopic (exact) mass is 481 g/mol. The summed E-state index contributed by atoms with van der Waals surface area (Å²) in [4.78, 5) is 17.9. The average Bonchev–Trinajstić information content (AvgIpc) is 2.78. The standard InChI is InChI=1S/C24H23N3O4S2/c1-3-31-19-8-10-20(11-9-19)33(29,30)26-21-6-4-5-7-22(21)32-16-18-15-24(28)27-13-12-17(2)14-23(27)25-18/h4-15,26H,3,16H2,1-2H3. The lowest BCUT2D eigenvalue weighted by molar-refractivity contribution is 0.340. The number of rotatable bonds is 8. The molecule has 0 unspecified atom stereocenters. The number of hydrogen-bond donors (Lipinski definition) is 1. The van der Waals surface area contributed by atoms with Gasteiger partial charge in [-0.3, -0.25) is 13.9 Å². The maximum Gasteiger partial charge on any atom is 0.261 e. The maximum atomic E-state index is 12.9. The van der Waals surface area contributed by atoms with Crippen molar-refractivity contribution in [3.8, 4) is 5.75 Å². The van der Waals surface area contributed by atoms with E-state index in [2.05, 4.69) is 9.71 Å². The van der Waals surface area contributed by atoms with Gasteiger partial charge in [0.15, 0.2) is 0 Å². The van der Waals surface area contributed by atoms with Gasteiger partial charge < -0.3 is 4.74 Å². The number of para-hydroxylation sites is 1. The van der Waals surface area contributed by atoms with Crippen molar-refractivity contribution >= 4 is 33.1 Å². The lowest BCUT2D eigenvalue weighted by Gasteiger charge is -2.13. The Balaban J connectivity index is 1.54. The first kappa shape index (κ1) is 22.9. The number of thioether (sulfide) groups is 1. The van der Waals surface area contributed by atoms with E-state index in [9.17, 15) is 13.2 Å². The van der Waals surface area contributed by atoms with E-state index in [0.29, 0.717) is 35.1 Å². The Bertz CT molecular complexity index is 1450. The number of benzene rings is 2. The summed E-state index contributed by atoms with van der Waals surface area (Å²) in [5.41, 5.74) is 2.54. The summed E-state index contributed by atoms with van der Waals surface area (Å²) in [5.74, 6) is 1.03. The molecule has 0 aliphatic heterocycles. The lowest BCUT2D eigenvalue weighted by atomic mass is 10.3. The quantitative estimate of drug-likeness (QED) is 0.373. The van der Waals surface area contributed by atoms with Crippen LogP contribution < -0.4 is 15.0 Å².